The molecule has 0 radical (unpaired) electrons. The molecular formula is C10H9NS. The fourth-order valence-corrected chi connectivity index (χ4v) is 1.74. The third-order valence-corrected chi connectivity index (χ3v) is 2.48. The Bertz CT molecular complexity index is 314. The van der Waals surface area contributed by atoms with E-state index in [0.717, 1.165) is 0 Å². The molecule has 0 spiro atoms. The molecule has 1 N–H and O–H groups in total. The summed E-state index contributed by atoms with van der Waals surface area (Å²) in [4.78, 5) is 1.26. The van der Waals surface area contributed by atoms with E-state index in [1.54, 1.807) is 11.9 Å². The largest absolute Gasteiger partial charge is 0.332 e. The van der Waals surface area contributed by atoms with Gasteiger partial charge in [0.2, 0.25) is 0 Å². The van der Waals surface area contributed by atoms with E-state index < -0.39 is 0 Å². The predicted octanol–water partition coefficient (Wildman–Crippen LogP) is 2.79. The Morgan fingerprint density at radius 1 is 1.08 bits per heavy atom. The summed E-state index contributed by atoms with van der Waals surface area (Å²) < 4.78 is 3.10. The number of hydrogen-bond acceptors (Lipinski definition) is 2. The number of hydrogen-bond donors (Lipinski definition) is 1. The lowest BCUT2D eigenvalue weighted by Gasteiger charge is -2.08. The van der Waals surface area contributed by atoms with E-state index in [-0.39, 0.29) is 0 Å². The van der Waals surface area contributed by atoms with Gasteiger partial charge in [0.15, 0.2) is 0 Å². The molecule has 0 atom stereocenters. The molecule has 0 bridgehead atoms. The number of benzene rings is 1. The zero-order valence-corrected chi connectivity index (χ0v) is 7.34. The molecule has 0 saturated carbocycles. The second-order valence-electron chi connectivity index (χ2n) is 2.48. The van der Waals surface area contributed by atoms with Gasteiger partial charge >= 0.3 is 0 Å². The van der Waals surface area contributed by atoms with Gasteiger partial charge in [-0.1, -0.05) is 30.3 Å². The molecule has 0 saturated heterocycles. The summed E-state index contributed by atoms with van der Waals surface area (Å²) in [5.74, 6) is 0. The van der Waals surface area contributed by atoms with Crippen molar-refractivity contribution in [3.05, 3.63) is 54.2 Å². The van der Waals surface area contributed by atoms with E-state index in [1.807, 2.05) is 18.3 Å². The molecule has 1 aliphatic rings. The number of rotatable bonds is 1. The van der Waals surface area contributed by atoms with Crippen LogP contribution in [0, 0.1) is 0 Å². The van der Waals surface area contributed by atoms with Gasteiger partial charge in [0.25, 0.3) is 0 Å². The van der Waals surface area contributed by atoms with Crippen LogP contribution in [0.15, 0.2) is 48.7 Å². The molecule has 2 heteroatoms. The summed E-state index contributed by atoms with van der Waals surface area (Å²) in [5, 5.41) is 0. The summed E-state index contributed by atoms with van der Waals surface area (Å²) in [5.41, 5.74) is 1.26. The van der Waals surface area contributed by atoms with Crippen LogP contribution in [0.1, 0.15) is 5.56 Å². The van der Waals surface area contributed by atoms with Crippen LogP contribution in [0.4, 0.5) is 0 Å². The highest BCUT2D eigenvalue weighted by Crippen LogP contribution is 2.26. The molecule has 0 aromatic heterocycles. The van der Waals surface area contributed by atoms with Gasteiger partial charge in [0.1, 0.15) is 0 Å². The molecule has 60 valence electrons. The highest BCUT2D eigenvalue weighted by Gasteiger charge is 2.01. The molecular weight excluding hydrogens is 166 g/mol. The Morgan fingerprint density at radius 2 is 1.92 bits per heavy atom. The van der Waals surface area contributed by atoms with Crippen molar-refractivity contribution in [2.45, 2.75) is 0 Å². The normalized spacial score (nSPS) is 15.2. The first-order valence-electron chi connectivity index (χ1n) is 3.81. The van der Waals surface area contributed by atoms with E-state index in [1.165, 1.54) is 10.5 Å². The summed E-state index contributed by atoms with van der Waals surface area (Å²) >= 11 is 1.64. The maximum atomic E-state index is 3.10. The Kier molecular flexibility index (Phi) is 2.19. The maximum Gasteiger partial charge on any atom is 0.0357 e. The molecule has 1 aromatic carbocycles. The first kappa shape index (κ1) is 7.50. The lowest BCUT2D eigenvalue weighted by Crippen LogP contribution is -1.95. The fourth-order valence-electron chi connectivity index (χ4n) is 1.06. The minimum Gasteiger partial charge on any atom is -0.332 e. The van der Waals surface area contributed by atoms with Crippen molar-refractivity contribution in [3.8, 4) is 0 Å². The fraction of sp³-hybridized carbons (Fsp3) is 0. The Balaban J connectivity index is 2.31. The van der Waals surface area contributed by atoms with E-state index in [9.17, 15) is 0 Å². The van der Waals surface area contributed by atoms with Gasteiger partial charge in [-0.05, 0) is 29.7 Å². The zero-order chi connectivity index (χ0) is 8.23. The second-order valence-corrected chi connectivity index (χ2v) is 3.36. The first-order chi connectivity index (χ1) is 5.97. The molecule has 1 heterocycles. The Morgan fingerprint density at radius 3 is 2.58 bits per heavy atom. The minimum absolute atomic E-state index is 1.26. The summed E-state index contributed by atoms with van der Waals surface area (Å²) in [7, 11) is 0. The van der Waals surface area contributed by atoms with Crippen molar-refractivity contribution in [3.63, 3.8) is 0 Å². The van der Waals surface area contributed by atoms with Crippen LogP contribution in [-0.4, -0.2) is 0 Å². The van der Waals surface area contributed by atoms with Crippen LogP contribution >= 0.6 is 11.9 Å². The van der Waals surface area contributed by atoms with Crippen molar-refractivity contribution in [1.82, 2.24) is 4.72 Å². The molecule has 1 aliphatic heterocycles. The summed E-state index contributed by atoms with van der Waals surface area (Å²) in [6.07, 6.45) is 6.05. The third kappa shape index (κ3) is 1.53. The van der Waals surface area contributed by atoms with Gasteiger partial charge in [-0.3, -0.25) is 0 Å². The van der Waals surface area contributed by atoms with Crippen LogP contribution in [-0.2, 0) is 0 Å². The second kappa shape index (κ2) is 3.50. The summed E-state index contributed by atoms with van der Waals surface area (Å²) in [6.45, 7) is 0. The molecule has 0 aliphatic carbocycles. The standard InChI is InChI=1S/C10H9NS/c1-2-5-9(6-3-1)10-7-4-8-11-12-10/h1-8,11H. The zero-order valence-electron chi connectivity index (χ0n) is 6.53. The lowest BCUT2D eigenvalue weighted by molar-refractivity contribution is 1.41. The van der Waals surface area contributed by atoms with Gasteiger partial charge in [-0.25, -0.2) is 0 Å². The lowest BCUT2D eigenvalue weighted by atomic mass is 10.2. The molecule has 2 rings (SSSR count). The van der Waals surface area contributed by atoms with Crippen LogP contribution < -0.4 is 4.72 Å². The topological polar surface area (TPSA) is 12.0 Å². The molecule has 0 unspecified atom stereocenters. The van der Waals surface area contributed by atoms with E-state index in [0.29, 0.717) is 0 Å². The van der Waals surface area contributed by atoms with Gasteiger partial charge < -0.3 is 4.72 Å². The first-order valence-corrected chi connectivity index (χ1v) is 4.63. The van der Waals surface area contributed by atoms with Crippen LogP contribution in [0.2, 0.25) is 0 Å². The molecule has 0 amide bonds. The molecule has 0 fully saturated rings. The SMILES string of the molecule is C1=CNSC(c2ccccc2)=C1. The van der Waals surface area contributed by atoms with Crippen molar-refractivity contribution in [2.75, 3.05) is 0 Å². The maximum absolute atomic E-state index is 3.10. The minimum atomic E-state index is 1.26. The monoisotopic (exact) mass is 175 g/mol. The number of allylic oxidation sites excluding steroid dienone is 2. The average Bonchev–Trinajstić information content (AvgIpc) is 2.21. The van der Waals surface area contributed by atoms with Gasteiger partial charge in [0.05, 0.1) is 0 Å². The highest BCUT2D eigenvalue weighted by molar-refractivity contribution is 8.06. The Labute approximate surface area is 76.3 Å². The van der Waals surface area contributed by atoms with Gasteiger partial charge in [0, 0.05) is 11.1 Å². The van der Waals surface area contributed by atoms with E-state index in [4.69, 9.17) is 0 Å². The smallest absolute Gasteiger partial charge is 0.0357 e. The van der Waals surface area contributed by atoms with Gasteiger partial charge in [-0.2, -0.15) is 0 Å². The van der Waals surface area contributed by atoms with E-state index >= 15 is 0 Å². The molecule has 1 nitrogen and oxygen atoms in total. The quantitative estimate of drug-likeness (QED) is 0.659. The van der Waals surface area contributed by atoms with Crippen molar-refractivity contribution in [2.24, 2.45) is 0 Å². The van der Waals surface area contributed by atoms with E-state index in [2.05, 4.69) is 35.1 Å². The van der Waals surface area contributed by atoms with Crippen molar-refractivity contribution >= 4 is 16.9 Å². The molecule has 1 aromatic rings. The van der Waals surface area contributed by atoms with Crippen LogP contribution in [0.3, 0.4) is 0 Å². The third-order valence-electron chi connectivity index (χ3n) is 1.64. The van der Waals surface area contributed by atoms with Crippen LogP contribution in [0.5, 0.6) is 0 Å². The van der Waals surface area contributed by atoms with Crippen LogP contribution in [0.25, 0.3) is 4.91 Å². The number of nitrogens with one attached hydrogen (secondary N) is 1. The Hall–Kier alpha value is -1.15. The van der Waals surface area contributed by atoms with Gasteiger partial charge in [-0.15, -0.1) is 0 Å². The highest BCUT2D eigenvalue weighted by atomic mass is 32.2. The van der Waals surface area contributed by atoms with Crippen molar-refractivity contribution < 1.29 is 0 Å². The average molecular weight is 175 g/mol. The summed E-state index contributed by atoms with van der Waals surface area (Å²) in [6, 6.07) is 10.4. The van der Waals surface area contributed by atoms with Crippen molar-refractivity contribution in [1.29, 1.82) is 0 Å². The molecule has 12 heavy (non-hydrogen) atoms. The predicted molar refractivity (Wildman–Crippen MR) is 54.3 cm³/mol.